The van der Waals surface area contributed by atoms with E-state index in [4.69, 9.17) is 38.7 Å². The normalized spacial score (nSPS) is 16.2. The van der Waals surface area contributed by atoms with Crippen LogP contribution >= 0.6 is 0 Å². The maximum atomic E-state index is 13.1. The number of ether oxygens (including phenoxy) is 7. The van der Waals surface area contributed by atoms with Crippen LogP contribution < -0.4 is 5.32 Å². The fourth-order valence-corrected chi connectivity index (χ4v) is 5.31. The summed E-state index contributed by atoms with van der Waals surface area (Å²) in [6, 6.07) is 0. The zero-order valence-electron chi connectivity index (χ0n) is 36.2. The molecule has 0 unspecified atom stereocenters. The smallest absolute Gasteiger partial charge is 0.320 e. The molecule has 0 radical (unpaired) electrons. The highest BCUT2D eigenvalue weighted by Crippen LogP contribution is 2.11. The molecular formula is C38H72N8O11. The van der Waals surface area contributed by atoms with E-state index in [1.807, 2.05) is 81.9 Å². The number of hydrogen-bond donors (Lipinski definition) is 1. The Kier molecular flexibility index (Phi) is 25.8. The van der Waals surface area contributed by atoms with Crippen molar-refractivity contribution in [3.05, 3.63) is 10.4 Å². The molecule has 57 heavy (non-hydrogen) atoms. The molecule has 0 atom stereocenters. The van der Waals surface area contributed by atoms with Gasteiger partial charge in [0.1, 0.15) is 16.8 Å². The minimum atomic E-state index is -0.646. The monoisotopic (exact) mass is 817 g/mol. The lowest BCUT2D eigenvalue weighted by Crippen LogP contribution is -2.50. The predicted molar refractivity (Wildman–Crippen MR) is 214 cm³/mol. The summed E-state index contributed by atoms with van der Waals surface area (Å²) in [5, 5.41) is 6.30. The lowest BCUT2D eigenvalue weighted by Gasteiger charge is -2.34. The first-order valence-corrected chi connectivity index (χ1v) is 19.9. The number of amides is 1. The lowest BCUT2D eigenvalue weighted by atomic mass is 10.2. The third-order valence-electron chi connectivity index (χ3n) is 7.70. The fraction of sp³-hybridized carbons (Fsp3) is 0.895. The molecular weight excluding hydrogens is 744 g/mol. The largest absolute Gasteiger partial charge is 0.459 e. The number of nitrogens with zero attached hydrogens (tertiary/aromatic N) is 7. The molecule has 0 aromatic carbocycles. The van der Waals surface area contributed by atoms with Crippen molar-refractivity contribution in [3.8, 4) is 0 Å². The molecule has 1 fully saturated rings. The molecule has 0 bridgehead atoms. The Morgan fingerprint density at radius 3 is 1.12 bits per heavy atom. The number of carbonyl (C=O) groups excluding carboxylic acids is 4. The van der Waals surface area contributed by atoms with E-state index < -0.39 is 16.8 Å². The van der Waals surface area contributed by atoms with Crippen LogP contribution in [0.15, 0.2) is 5.11 Å². The van der Waals surface area contributed by atoms with Crippen molar-refractivity contribution in [2.75, 3.05) is 144 Å². The predicted octanol–water partition coefficient (Wildman–Crippen LogP) is 1.73. The van der Waals surface area contributed by atoms with Gasteiger partial charge in [0.2, 0.25) is 5.91 Å². The van der Waals surface area contributed by atoms with Crippen LogP contribution in [0.3, 0.4) is 0 Å². The summed E-state index contributed by atoms with van der Waals surface area (Å²) in [4.78, 5) is 62.5. The van der Waals surface area contributed by atoms with Crippen LogP contribution in [0.2, 0.25) is 0 Å². The second-order valence-corrected chi connectivity index (χ2v) is 16.6. The number of hydrogen-bond acceptors (Lipinski definition) is 16. The quantitative estimate of drug-likeness (QED) is 0.0389. The van der Waals surface area contributed by atoms with E-state index in [9.17, 15) is 19.2 Å². The van der Waals surface area contributed by atoms with Crippen LogP contribution in [-0.2, 0) is 52.3 Å². The second kappa shape index (κ2) is 28.3. The first-order valence-electron chi connectivity index (χ1n) is 19.9. The lowest BCUT2D eigenvalue weighted by molar-refractivity contribution is -0.158. The molecule has 1 aliphatic heterocycles. The van der Waals surface area contributed by atoms with E-state index in [0.717, 1.165) is 0 Å². The van der Waals surface area contributed by atoms with Gasteiger partial charge in [-0.3, -0.25) is 38.8 Å². The average molecular weight is 817 g/mol. The van der Waals surface area contributed by atoms with Crippen LogP contribution in [0.25, 0.3) is 10.4 Å². The Hall–Kier alpha value is -3.13. The zero-order valence-corrected chi connectivity index (χ0v) is 36.2. The summed E-state index contributed by atoms with van der Waals surface area (Å²) in [7, 11) is 0. The molecule has 1 saturated heterocycles. The third-order valence-corrected chi connectivity index (χ3v) is 7.70. The molecule has 1 amide bonds. The summed E-state index contributed by atoms with van der Waals surface area (Å²) in [6.07, 6.45) is 0. The highest BCUT2D eigenvalue weighted by Gasteiger charge is 2.26. The molecule has 0 aromatic rings. The summed E-state index contributed by atoms with van der Waals surface area (Å²) < 4.78 is 38.6. The van der Waals surface area contributed by atoms with Crippen molar-refractivity contribution in [1.82, 2.24) is 24.9 Å². The van der Waals surface area contributed by atoms with Crippen molar-refractivity contribution in [3.63, 3.8) is 0 Å². The molecule has 0 spiro atoms. The zero-order chi connectivity index (χ0) is 42.7. The molecule has 0 aromatic heterocycles. The van der Waals surface area contributed by atoms with E-state index in [0.29, 0.717) is 112 Å². The van der Waals surface area contributed by atoms with Crippen LogP contribution in [0, 0.1) is 0 Å². The van der Waals surface area contributed by atoms with Crippen LogP contribution in [0.5, 0.6) is 0 Å². The Labute approximate surface area is 339 Å². The molecule has 19 heteroatoms. The number of carbonyl (C=O) groups is 4. The maximum Gasteiger partial charge on any atom is 0.320 e. The minimum absolute atomic E-state index is 0.0483. The van der Waals surface area contributed by atoms with Crippen LogP contribution in [0.4, 0.5) is 0 Å². The first kappa shape index (κ1) is 51.9. The SMILES string of the molecule is CC(C)(C)OC(=O)CN1CCN(CC(=O)NCCOCCOCCOCCOCCN=[N+]=[N-])CCN(CC(=O)OC(C)(C)C)CCN(CC(=O)OC(C)(C)C)CC1. The third kappa shape index (κ3) is 31.5. The molecule has 1 N–H and O–H groups in total. The van der Waals surface area contributed by atoms with Crippen molar-refractivity contribution in [2.45, 2.75) is 79.1 Å². The fourth-order valence-electron chi connectivity index (χ4n) is 5.31. The molecule has 1 heterocycles. The van der Waals surface area contributed by atoms with Crippen molar-refractivity contribution >= 4 is 23.8 Å². The molecule has 0 aliphatic carbocycles. The van der Waals surface area contributed by atoms with Crippen molar-refractivity contribution in [1.29, 1.82) is 0 Å². The second-order valence-electron chi connectivity index (χ2n) is 16.6. The van der Waals surface area contributed by atoms with E-state index in [1.54, 1.807) is 0 Å². The Balaban J connectivity index is 2.80. The molecule has 1 aliphatic rings. The van der Waals surface area contributed by atoms with Gasteiger partial charge < -0.3 is 38.5 Å². The summed E-state index contributed by atoms with van der Waals surface area (Å²) in [5.74, 6) is -1.26. The van der Waals surface area contributed by atoms with Gasteiger partial charge in [-0.15, -0.1) is 0 Å². The Bertz CT molecular complexity index is 1170. The molecule has 0 saturated carbocycles. The number of rotatable bonds is 23. The molecule has 330 valence electrons. The van der Waals surface area contributed by atoms with Crippen LogP contribution in [0.1, 0.15) is 62.3 Å². The van der Waals surface area contributed by atoms with Gasteiger partial charge in [0.15, 0.2) is 0 Å². The van der Waals surface area contributed by atoms with Gasteiger partial charge in [-0.25, -0.2) is 0 Å². The van der Waals surface area contributed by atoms with Gasteiger partial charge in [0, 0.05) is 70.4 Å². The highest BCUT2D eigenvalue weighted by molar-refractivity contribution is 5.78. The summed E-state index contributed by atoms with van der Waals surface area (Å²) in [6.45, 7) is 24.0. The van der Waals surface area contributed by atoms with E-state index in [1.165, 1.54) is 0 Å². The van der Waals surface area contributed by atoms with Gasteiger partial charge >= 0.3 is 17.9 Å². The summed E-state index contributed by atoms with van der Waals surface area (Å²) in [5.41, 5.74) is 6.29. The van der Waals surface area contributed by atoms with Gasteiger partial charge in [-0.2, -0.15) is 0 Å². The number of esters is 3. The first-order chi connectivity index (χ1) is 26.7. The van der Waals surface area contributed by atoms with Crippen LogP contribution in [-0.4, -0.2) is 205 Å². The van der Waals surface area contributed by atoms with Gasteiger partial charge in [0.25, 0.3) is 0 Å². The van der Waals surface area contributed by atoms with Gasteiger partial charge in [-0.05, 0) is 67.8 Å². The topological polar surface area (TPSA) is 207 Å². The Morgan fingerprint density at radius 1 is 0.509 bits per heavy atom. The Morgan fingerprint density at radius 2 is 0.807 bits per heavy atom. The van der Waals surface area contributed by atoms with E-state index in [2.05, 4.69) is 15.3 Å². The highest BCUT2D eigenvalue weighted by atomic mass is 16.6. The molecule has 1 rings (SSSR count). The van der Waals surface area contributed by atoms with Crippen molar-refractivity contribution in [2.24, 2.45) is 5.11 Å². The average Bonchev–Trinajstić information content (AvgIpc) is 3.06. The van der Waals surface area contributed by atoms with E-state index in [-0.39, 0.29) is 56.5 Å². The standard InChI is InChI=1S/C38H72N8O11/c1-36(2,3)55-33(48)29-44-14-12-43(28-32(47)40-10-20-51-22-24-53-26-27-54-25-23-52-21-11-41-42-39)13-15-45(30-34(49)56-37(4,5)6)17-19-46(18-16-44)31-35(50)57-38(7,8)9/h10-31H2,1-9H3,(H,40,47). The minimum Gasteiger partial charge on any atom is -0.459 e. The summed E-state index contributed by atoms with van der Waals surface area (Å²) >= 11 is 0. The number of nitrogens with one attached hydrogen (secondary N) is 1. The van der Waals surface area contributed by atoms with E-state index >= 15 is 0 Å². The van der Waals surface area contributed by atoms with Crippen molar-refractivity contribution < 1.29 is 52.3 Å². The number of azide groups is 1. The maximum absolute atomic E-state index is 13.1. The van der Waals surface area contributed by atoms with Gasteiger partial charge in [-0.1, -0.05) is 5.11 Å². The molecule has 19 nitrogen and oxygen atoms in total. The van der Waals surface area contributed by atoms with Gasteiger partial charge in [0.05, 0.1) is 79.0 Å².